The Labute approximate surface area is 118 Å². The quantitative estimate of drug-likeness (QED) is 0.838. The van der Waals surface area contributed by atoms with Gasteiger partial charge in [0.2, 0.25) is 0 Å². The Morgan fingerprint density at radius 1 is 1.30 bits per heavy atom. The number of rotatable bonds is 6. The monoisotopic (exact) mass is 280 g/mol. The largest absolute Gasteiger partial charge is 0.494 e. The maximum Gasteiger partial charge on any atom is 0.326 e. The molecule has 0 aromatic heterocycles. The molecule has 1 unspecified atom stereocenters. The predicted octanol–water partition coefficient (Wildman–Crippen LogP) is 2.41. The summed E-state index contributed by atoms with van der Waals surface area (Å²) in [5, 5.41) is 11.7. The van der Waals surface area contributed by atoms with Gasteiger partial charge in [0.15, 0.2) is 0 Å². The smallest absolute Gasteiger partial charge is 0.326 e. The molecule has 2 N–H and O–H groups in total. The molecular formula is C14H20N2O4. The molecule has 0 fully saturated rings. The van der Waals surface area contributed by atoms with E-state index in [1.807, 2.05) is 6.92 Å². The average Bonchev–Trinajstić information content (AvgIpc) is 2.41. The molecule has 0 radical (unpaired) electrons. The first-order valence-corrected chi connectivity index (χ1v) is 6.49. The zero-order valence-corrected chi connectivity index (χ0v) is 11.9. The van der Waals surface area contributed by atoms with E-state index in [1.165, 1.54) is 11.9 Å². The normalized spacial score (nSPS) is 11.6. The van der Waals surface area contributed by atoms with Crippen LogP contribution < -0.4 is 10.1 Å². The van der Waals surface area contributed by atoms with Crippen LogP contribution in [0.5, 0.6) is 5.75 Å². The van der Waals surface area contributed by atoms with Crippen LogP contribution in [0.1, 0.15) is 20.3 Å². The van der Waals surface area contributed by atoms with E-state index in [9.17, 15) is 9.59 Å². The van der Waals surface area contributed by atoms with Crippen LogP contribution in [-0.4, -0.2) is 41.7 Å². The summed E-state index contributed by atoms with van der Waals surface area (Å²) in [6.45, 7) is 4.19. The highest BCUT2D eigenvalue weighted by Gasteiger charge is 2.24. The lowest BCUT2D eigenvalue weighted by atomic mass is 10.2. The van der Waals surface area contributed by atoms with E-state index in [-0.39, 0.29) is 0 Å². The fraction of sp³-hybridized carbons (Fsp3) is 0.429. The van der Waals surface area contributed by atoms with Crippen molar-refractivity contribution in [3.63, 3.8) is 0 Å². The molecule has 0 saturated heterocycles. The van der Waals surface area contributed by atoms with E-state index in [0.29, 0.717) is 18.7 Å². The minimum atomic E-state index is -1.02. The molecule has 1 atom stereocenters. The van der Waals surface area contributed by atoms with Gasteiger partial charge in [-0.25, -0.2) is 9.59 Å². The van der Waals surface area contributed by atoms with Crippen molar-refractivity contribution in [1.82, 2.24) is 4.90 Å². The van der Waals surface area contributed by atoms with Gasteiger partial charge >= 0.3 is 12.0 Å². The number of likely N-dealkylation sites (N-methyl/N-ethyl adjacent to an activating group) is 1. The van der Waals surface area contributed by atoms with Crippen molar-refractivity contribution in [2.45, 2.75) is 26.3 Å². The summed E-state index contributed by atoms with van der Waals surface area (Å²) in [4.78, 5) is 24.1. The summed E-state index contributed by atoms with van der Waals surface area (Å²) in [6.07, 6.45) is 0.350. The van der Waals surface area contributed by atoms with Gasteiger partial charge in [-0.15, -0.1) is 0 Å². The highest BCUT2D eigenvalue weighted by molar-refractivity contribution is 5.92. The molecule has 2 amide bonds. The molecule has 0 saturated carbocycles. The lowest BCUT2D eigenvalue weighted by Gasteiger charge is -2.24. The summed E-state index contributed by atoms with van der Waals surface area (Å²) >= 11 is 0. The van der Waals surface area contributed by atoms with Gasteiger partial charge in [0.25, 0.3) is 0 Å². The lowest BCUT2D eigenvalue weighted by molar-refractivity contribution is -0.141. The van der Waals surface area contributed by atoms with Crippen LogP contribution in [0.25, 0.3) is 0 Å². The van der Waals surface area contributed by atoms with E-state index in [0.717, 1.165) is 5.75 Å². The van der Waals surface area contributed by atoms with Crippen molar-refractivity contribution in [3.8, 4) is 5.75 Å². The van der Waals surface area contributed by atoms with Gasteiger partial charge in [0.05, 0.1) is 6.61 Å². The van der Waals surface area contributed by atoms with Crippen molar-refractivity contribution >= 4 is 17.7 Å². The van der Waals surface area contributed by atoms with Crippen LogP contribution in [0, 0.1) is 0 Å². The third-order valence-electron chi connectivity index (χ3n) is 2.88. The number of nitrogens with one attached hydrogen (secondary N) is 1. The molecule has 0 bridgehead atoms. The first-order chi connectivity index (χ1) is 9.49. The minimum absolute atomic E-state index is 0.350. The van der Waals surface area contributed by atoms with E-state index in [2.05, 4.69) is 5.32 Å². The SMILES string of the molecule is CCOc1ccc(NC(=O)N(C)C(CC)C(=O)O)cc1. The predicted molar refractivity (Wildman–Crippen MR) is 76.1 cm³/mol. The Morgan fingerprint density at radius 3 is 2.35 bits per heavy atom. The third-order valence-corrected chi connectivity index (χ3v) is 2.88. The number of amides is 2. The molecule has 0 aliphatic heterocycles. The van der Waals surface area contributed by atoms with Gasteiger partial charge in [0.1, 0.15) is 11.8 Å². The molecule has 6 nitrogen and oxygen atoms in total. The van der Waals surface area contributed by atoms with Crippen LogP contribution in [0.2, 0.25) is 0 Å². The maximum absolute atomic E-state index is 11.9. The molecule has 0 aliphatic carbocycles. The van der Waals surface area contributed by atoms with Gasteiger partial charge in [-0.05, 0) is 37.6 Å². The van der Waals surface area contributed by atoms with Gasteiger partial charge < -0.3 is 20.1 Å². The van der Waals surface area contributed by atoms with Crippen molar-refractivity contribution < 1.29 is 19.4 Å². The number of carboxylic acids is 1. The number of carboxylic acid groups (broad SMARTS) is 1. The Hall–Kier alpha value is -2.24. The number of nitrogens with zero attached hydrogens (tertiary/aromatic N) is 1. The number of benzene rings is 1. The fourth-order valence-corrected chi connectivity index (χ4v) is 1.77. The molecule has 0 aliphatic rings. The van der Waals surface area contributed by atoms with Crippen molar-refractivity contribution in [2.24, 2.45) is 0 Å². The number of hydrogen-bond acceptors (Lipinski definition) is 3. The standard InChI is InChI=1S/C14H20N2O4/c1-4-12(13(17)18)16(3)14(19)15-10-6-8-11(9-7-10)20-5-2/h6-9,12H,4-5H2,1-3H3,(H,15,19)(H,17,18). The summed E-state index contributed by atoms with van der Waals surface area (Å²) in [5.41, 5.74) is 0.588. The van der Waals surface area contributed by atoms with E-state index >= 15 is 0 Å². The molecule has 1 aromatic carbocycles. The second-order valence-electron chi connectivity index (χ2n) is 4.26. The first-order valence-electron chi connectivity index (χ1n) is 6.49. The molecule has 1 rings (SSSR count). The van der Waals surface area contributed by atoms with Crippen LogP contribution in [0.4, 0.5) is 10.5 Å². The van der Waals surface area contributed by atoms with Crippen LogP contribution in [0.15, 0.2) is 24.3 Å². The molecule has 0 spiro atoms. The first kappa shape index (κ1) is 15.8. The zero-order chi connectivity index (χ0) is 15.1. The van der Waals surface area contributed by atoms with Crippen molar-refractivity contribution in [1.29, 1.82) is 0 Å². The minimum Gasteiger partial charge on any atom is -0.494 e. The molecule has 20 heavy (non-hydrogen) atoms. The number of aliphatic carboxylic acids is 1. The Kier molecular flexibility index (Phi) is 5.83. The Balaban J connectivity index is 2.67. The van der Waals surface area contributed by atoms with Crippen LogP contribution in [-0.2, 0) is 4.79 Å². The summed E-state index contributed by atoms with van der Waals surface area (Å²) in [5.74, 6) is -0.298. The highest BCUT2D eigenvalue weighted by Crippen LogP contribution is 2.16. The van der Waals surface area contributed by atoms with E-state index in [1.54, 1.807) is 31.2 Å². The molecule has 1 aromatic rings. The molecular weight excluding hydrogens is 260 g/mol. The second-order valence-corrected chi connectivity index (χ2v) is 4.26. The average molecular weight is 280 g/mol. The highest BCUT2D eigenvalue weighted by atomic mass is 16.5. The fourth-order valence-electron chi connectivity index (χ4n) is 1.77. The number of ether oxygens (including phenoxy) is 1. The third kappa shape index (κ3) is 4.15. The number of urea groups is 1. The summed E-state index contributed by atoms with van der Waals surface area (Å²) in [7, 11) is 1.46. The topological polar surface area (TPSA) is 78.9 Å². The van der Waals surface area contributed by atoms with Gasteiger partial charge in [-0.3, -0.25) is 0 Å². The van der Waals surface area contributed by atoms with Gasteiger partial charge in [0, 0.05) is 12.7 Å². The molecule has 0 heterocycles. The van der Waals surface area contributed by atoms with Crippen molar-refractivity contribution in [2.75, 3.05) is 19.0 Å². The number of anilines is 1. The second kappa shape index (κ2) is 7.37. The van der Waals surface area contributed by atoms with Gasteiger partial charge in [-0.2, -0.15) is 0 Å². The summed E-state index contributed by atoms with van der Waals surface area (Å²) in [6, 6.07) is 5.61. The van der Waals surface area contributed by atoms with Gasteiger partial charge in [-0.1, -0.05) is 6.92 Å². The van der Waals surface area contributed by atoms with E-state index < -0.39 is 18.0 Å². The van der Waals surface area contributed by atoms with Crippen molar-refractivity contribution in [3.05, 3.63) is 24.3 Å². The zero-order valence-electron chi connectivity index (χ0n) is 11.9. The number of carbonyl (C=O) groups is 2. The molecule has 110 valence electrons. The summed E-state index contributed by atoms with van der Waals surface area (Å²) < 4.78 is 5.30. The Morgan fingerprint density at radius 2 is 1.90 bits per heavy atom. The number of carbonyl (C=O) groups excluding carboxylic acids is 1. The molecule has 6 heteroatoms. The number of hydrogen-bond donors (Lipinski definition) is 2. The van der Waals surface area contributed by atoms with Crippen LogP contribution >= 0.6 is 0 Å². The van der Waals surface area contributed by atoms with Crippen LogP contribution in [0.3, 0.4) is 0 Å². The Bertz CT molecular complexity index is 459. The van der Waals surface area contributed by atoms with E-state index in [4.69, 9.17) is 9.84 Å². The maximum atomic E-state index is 11.9. The lowest BCUT2D eigenvalue weighted by Crippen LogP contribution is -2.44.